The molecule has 0 amide bonds. The summed E-state index contributed by atoms with van der Waals surface area (Å²) in [5.74, 6) is -1.84. The number of rotatable bonds is 3. The first-order chi connectivity index (χ1) is 9.28. The van der Waals surface area contributed by atoms with Crippen molar-refractivity contribution in [1.82, 2.24) is 0 Å². The van der Waals surface area contributed by atoms with Crippen LogP contribution in [0.2, 0.25) is 10.0 Å². The molecule has 0 radical (unpaired) electrons. The van der Waals surface area contributed by atoms with E-state index in [-0.39, 0.29) is 20.6 Å². The number of nitrogens with one attached hydrogen (secondary N) is 1. The van der Waals surface area contributed by atoms with E-state index in [4.69, 9.17) is 23.2 Å². The van der Waals surface area contributed by atoms with Crippen LogP contribution in [0, 0.1) is 11.6 Å². The van der Waals surface area contributed by atoms with Crippen LogP contribution in [0.3, 0.4) is 0 Å². The van der Waals surface area contributed by atoms with Crippen molar-refractivity contribution in [2.45, 2.75) is 4.90 Å². The maximum Gasteiger partial charge on any atom is 0.262 e. The van der Waals surface area contributed by atoms with Gasteiger partial charge in [-0.25, -0.2) is 17.2 Å². The predicted octanol–water partition coefficient (Wildman–Crippen LogP) is 4.07. The van der Waals surface area contributed by atoms with E-state index < -0.39 is 21.7 Å². The number of hydrogen-bond acceptors (Lipinski definition) is 2. The average Bonchev–Trinajstić information content (AvgIpc) is 2.31. The molecular formula is C12H7Cl2F2NO2S. The van der Waals surface area contributed by atoms with Crippen LogP contribution in [0.4, 0.5) is 14.5 Å². The number of benzene rings is 2. The molecule has 0 atom stereocenters. The Morgan fingerprint density at radius 3 is 2.10 bits per heavy atom. The summed E-state index contributed by atoms with van der Waals surface area (Å²) in [6.07, 6.45) is 0. The van der Waals surface area contributed by atoms with Crippen LogP contribution in [-0.2, 0) is 10.0 Å². The van der Waals surface area contributed by atoms with Gasteiger partial charge >= 0.3 is 0 Å². The average molecular weight is 338 g/mol. The van der Waals surface area contributed by atoms with Gasteiger partial charge in [0.25, 0.3) is 10.0 Å². The molecule has 3 nitrogen and oxygen atoms in total. The summed E-state index contributed by atoms with van der Waals surface area (Å²) in [7, 11) is -4.08. The lowest BCUT2D eigenvalue weighted by molar-refractivity contribution is 0.583. The summed E-state index contributed by atoms with van der Waals surface area (Å²) >= 11 is 11.4. The molecular weight excluding hydrogens is 331 g/mol. The summed E-state index contributed by atoms with van der Waals surface area (Å²) < 4.78 is 52.3. The highest BCUT2D eigenvalue weighted by Crippen LogP contribution is 2.25. The van der Waals surface area contributed by atoms with Crippen molar-refractivity contribution in [2.75, 3.05) is 4.72 Å². The van der Waals surface area contributed by atoms with E-state index in [2.05, 4.69) is 0 Å². The number of hydrogen-bond donors (Lipinski definition) is 1. The van der Waals surface area contributed by atoms with Gasteiger partial charge in [0, 0.05) is 16.1 Å². The Balaban J connectivity index is 2.40. The molecule has 8 heteroatoms. The second kappa shape index (κ2) is 5.55. The van der Waals surface area contributed by atoms with Gasteiger partial charge in [0.1, 0.15) is 11.6 Å². The zero-order valence-electron chi connectivity index (χ0n) is 9.70. The normalized spacial score (nSPS) is 11.4. The molecule has 1 N–H and O–H groups in total. The zero-order valence-corrected chi connectivity index (χ0v) is 12.0. The van der Waals surface area contributed by atoms with Crippen molar-refractivity contribution in [3.8, 4) is 0 Å². The van der Waals surface area contributed by atoms with Crippen molar-refractivity contribution in [3.05, 3.63) is 58.1 Å². The van der Waals surface area contributed by atoms with Crippen LogP contribution >= 0.6 is 23.2 Å². The molecule has 2 aromatic rings. The van der Waals surface area contributed by atoms with E-state index >= 15 is 0 Å². The van der Waals surface area contributed by atoms with Gasteiger partial charge < -0.3 is 0 Å². The molecule has 106 valence electrons. The predicted molar refractivity (Wildman–Crippen MR) is 73.6 cm³/mol. The monoisotopic (exact) mass is 337 g/mol. The molecule has 0 aliphatic heterocycles. The van der Waals surface area contributed by atoms with Gasteiger partial charge in [0.2, 0.25) is 0 Å². The Morgan fingerprint density at radius 2 is 1.55 bits per heavy atom. The third-order valence-corrected chi connectivity index (χ3v) is 4.10. The lowest BCUT2D eigenvalue weighted by Gasteiger charge is -2.09. The first kappa shape index (κ1) is 15.0. The maximum atomic E-state index is 13.4. The molecule has 0 saturated heterocycles. The summed E-state index contributed by atoms with van der Waals surface area (Å²) in [4.78, 5) is -0.223. The van der Waals surface area contributed by atoms with Gasteiger partial charge in [-0.15, -0.1) is 0 Å². The highest BCUT2D eigenvalue weighted by molar-refractivity contribution is 7.92. The molecule has 0 unspecified atom stereocenters. The molecule has 20 heavy (non-hydrogen) atoms. The van der Waals surface area contributed by atoms with Crippen LogP contribution in [0.1, 0.15) is 0 Å². The van der Waals surface area contributed by atoms with Crippen LogP contribution in [0.25, 0.3) is 0 Å². The lowest BCUT2D eigenvalue weighted by atomic mass is 10.3. The summed E-state index contributed by atoms with van der Waals surface area (Å²) in [6.45, 7) is 0. The van der Waals surface area contributed by atoms with Crippen LogP contribution < -0.4 is 4.72 Å². The van der Waals surface area contributed by atoms with Gasteiger partial charge in [0.15, 0.2) is 0 Å². The molecule has 0 bridgehead atoms. The van der Waals surface area contributed by atoms with Crippen molar-refractivity contribution < 1.29 is 17.2 Å². The quantitative estimate of drug-likeness (QED) is 0.917. The molecule has 0 fully saturated rings. The fourth-order valence-corrected chi connectivity index (χ4v) is 3.25. The lowest BCUT2D eigenvalue weighted by Crippen LogP contribution is -2.14. The number of anilines is 1. The highest BCUT2D eigenvalue weighted by atomic mass is 35.5. The van der Waals surface area contributed by atoms with E-state index in [1.807, 2.05) is 4.72 Å². The second-order valence-electron chi connectivity index (χ2n) is 3.83. The van der Waals surface area contributed by atoms with Crippen LogP contribution in [-0.4, -0.2) is 8.42 Å². The van der Waals surface area contributed by atoms with Gasteiger partial charge in [-0.3, -0.25) is 4.72 Å². The molecule has 0 aliphatic carbocycles. The van der Waals surface area contributed by atoms with E-state index in [0.29, 0.717) is 6.07 Å². The minimum Gasteiger partial charge on any atom is -0.277 e. The van der Waals surface area contributed by atoms with E-state index in [1.54, 1.807) is 0 Å². The number of halogens is 4. The Kier molecular flexibility index (Phi) is 4.17. The first-order valence-electron chi connectivity index (χ1n) is 5.22. The van der Waals surface area contributed by atoms with Gasteiger partial charge in [-0.1, -0.05) is 23.2 Å². The van der Waals surface area contributed by atoms with E-state index in [0.717, 1.165) is 24.3 Å². The smallest absolute Gasteiger partial charge is 0.262 e. The molecule has 0 saturated carbocycles. The molecule has 0 heterocycles. The van der Waals surface area contributed by atoms with Gasteiger partial charge in [0.05, 0.1) is 10.6 Å². The third kappa shape index (κ3) is 3.39. The molecule has 2 rings (SSSR count). The Hall–Kier alpha value is -1.37. The Morgan fingerprint density at radius 1 is 0.950 bits per heavy atom. The maximum absolute atomic E-state index is 13.4. The fraction of sp³-hybridized carbons (Fsp3) is 0. The van der Waals surface area contributed by atoms with Crippen molar-refractivity contribution in [3.63, 3.8) is 0 Å². The molecule has 0 aromatic heterocycles. The van der Waals surface area contributed by atoms with Crippen molar-refractivity contribution >= 4 is 38.9 Å². The SMILES string of the molecule is O=S(=O)(Nc1ccc(F)cc1F)c1cc(Cl)cc(Cl)c1. The van der Waals surface area contributed by atoms with Gasteiger partial charge in [-0.2, -0.15) is 0 Å². The minimum absolute atomic E-state index is 0.123. The first-order valence-corrected chi connectivity index (χ1v) is 7.46. The fourth-order valence-electron chi connectivity index (χ4n) is 1.46. The third-order valence-electron chi connectivity index (χ3n) is 2.32. The standard InChI is InChI=1S/C12H7Cl2F2NO2S/c13-7-3-8(14)5-10(4-7)20(18,19)17-12-2-1-9(15)6-11(12)16/h1-6,17H. The molecule has 2 aromatic carbocycles. The Bertz CT molecular complexity index is 746. The van der Waals surface area contributed by atoms with E-state index in [1.165, 1.54) is 6.07 Å². The Labute approximate surface area is 124 Å². The van der Waals surface area contributed by atoms with Gasteiger partial charge in [-0.05, 0) is 30.3 Å². The number of sulfonamides is 1. The largest absolute Gasteiger partial charge is 0.277 e. The summed E-state index contributed by atoms with van der Waals surface area (Å²) in [5.41, 5.74) is -0.373. The summed E-state index contributed by atoms with van der Waals surface area (Å²) in [5, 5.41) is 0.245. The van der Waals surface area contributed by atoms with Crippen molar-refractivity contribution in [1.29, 1.82) is 0 Å². The topological polar surface area (TPSA) is 46.2 Å². The summed E-state index contributed by atoms with van der Waals surface area (Å²) in [6, 6.07) is 6.18. The molecule has 0 aliphatic rings. The highest BCUT2D eigenvalue weighted by Gasteiger charge is 2.17. The minimum atomic E-state index is -4.08. The zero-order chi connectivity index (χ0) is 14.9. The van der Waals surface area contributed by atoms with E-state index in [9.17, 15) is 17.2 Å². The second-order valence-corrected chi connectivity index (χ2v) is 6.39. The van der Waals surface area contributed by atoms with Crippen molar-refractivity contribution in [2.24, 2.45) is 0 Å². The van der Waals surface area contributed by atoms with Crippen LogP contribution in [0.5, 0.6) is 0 Å². The molecule has 0 spiro atoms. The van der Waals surface area contributed by atoms with Crippen LogP contribution in [0.15, 0.2) is 41.3 Å².